The molecule has 5 heteroatoms. The van der Waals surface area contributed by atoms with Crippen molar-refractivity contribution in [1.82, 2.24) is 4.98 Å². The maximum atomic E-state index is 6.40. The van der Waals surface area contributed by atoms with E-state index in [1.165, 1.54) is 16.8 Å². The lowest BCUT2D eigenvalue weighted by molar-refractivity contribution is 0.647. The zero-order valence-electron chi connectivity index (χ0n) is 21.1. The number of fused-ring (bicyclic) bond motifs is 1. The van der Waals surface area contributed by atoms with Crippen LogP contribution in [0.2, 0.25) is 0 Å². The van der Waals surface area contributed by atoms with E-state index in [9.17, 15) is 0 Å². The van der Waals surface area contributed by atoms with Gasteiger partial charge in [0.2, 0.25) is 0 Å². The third kappa shape index (κ3) is 4.87. The Hall–Kier alpha value is -3.99. The molecule has 1 aromatic heterocycles. The minimum absolute atomic E-state index is 0.687. The predicted molar refractivity (Wildman–Crippen MR) is 155 cm³/mol. The second-order valence-electron chi connectivity index (χ2n) is 9.66. The number of nitrogens with zero attached hydrogens (tertiary/aromatic N) is 3. The summed E-state index contributed by atoms with van der Waals surface area (Å²) in [6.07, 6.45) is 3.96. The molecule has 1 aliphatic heterocycles. The molecule has 0 amide bonds. The summed E-state index contributed by atoms with van der Waals surface area (Å²) in [6, 6.07) is 21.3. The highest BCUT2D eigenvalue weighted by molar-refractivity contribution is 5.92. The lowest BCUT2D eigenvalue weighted by Crippen LogP contribution is -2.46. The van der Waals surface area contributed by atoms with Crippen LogP contribution in [-0.4, -0.2) is 37.7 Å². The fraction of sp³-hybridized carbons (Fsp3) is 0.258. The topological polar surface area (TPSA) is 57.4 Å². The maximum absolute atomic E-state index is 6.40. The van der Waals surface area contributed by atoms with Crippen LogP contribution in [0.1, 0.15) is 17.5 Å². The molecule has 184 valence electrons. The highest BCUT2D eigenvalue weighted by atomic mass is 15.3. The molecule has 3 aromatic carbocycles. The first-order valence-electron chi connectivity index (χ1n) is 12.7. The number of rotatable bonds is 7. The van der Waals surface area contributed by atoms with Gasteiger partial charge in [0, 0.05) is 55.0 Å². The van der Waals surface area contributed by atoms with Crippen LogP contribution in [0.3, 0.4) is 0 Å². The highest BCUT2D eigenvalue weighted by Gasteiger charge is 2.18. The summed E-state index contributed by atoms with van der Waals surface area (Å²) < 4.78 is 0. The number of aryl methyl sites for hydroxylation is 2. The lowest BCUT2D eigenvalue weighted by Gasteiger charge is -2.36. The molecule has 0 atom stereocenters. The molecule has 4 aromatic rings. The summed E-state index contributed by atoms with van der Waals surface area (Å²) in [7, 11) is 0. The number of pyridine rings is 1. The number of hydrogen-bond acceptors (Lipinski definition) is 5. The zero-order chi connectivity index (χ0) is 25.1. The minimum atomic E-state index is 0.687. The molecule has 0 spiro atoms. The van der Waals surface area contributed by atoms with Crippen molar-refractivity contribution in [1.29, 1.82) is 0 Å². The van der Waals surface area contributed by atoms with Crippen molar-refractivity contribution in [3.8, 4) is 0 Å². The third-order valence-corrected chi connectivity index (χ3v) is 7.23. The second kappa shape index (κ2) is 10.3. The molecule has 1 aliphatic rings. The van der Waals surface area contributed by atoms with Crippen LogP contribution in [0.15, 0.2) is 66.9 Å². The minimum Gasteiger partial charge on any atom is -0.397 e. The molecule has 0 bridgehead atoms. The Morgan fingerprint density at radius 2 is 1.53 bits per heavy atom. The molecule has 3 N–H and O–H groups in total. The fourth-order valence-corrected chi connectivity index (χ4v) is 5.01. The van der Waals surface area contributed by atoms with Crippen molar-refractivity contribution in [2.75, 3.05) is 53.6 Å². The Balaban J connectivity index is 1.13. The van der Waals surface area contributed by atoms with Gasteiger partial charge in [0.1, 0.15) is 5.82 Å². The summed E-state index contributed by atoms with van der Waals surface area (Å²) in [6.45, 7) is 15.4. The van der Waals surface area contributed by atoms with Gasteiger partial charge in [-0.05, 0) is 54.3 Å². The van der Waals surface area contributed by atoms with Gasteiger partial charge in [0.25, 0.3) is 0 Å². The van der Waals surface area contributed by atoms with Crippen molar-refractivity contribution in [2.24, 2.45) is 0 Å². The number of nitrogen functional groups attached to an aromatic ring is 1. The Morgan fingerprint density at radius 1 is 0.861 bits per heavy atom. The first-order valence-corrected chi connectivity index (χ1v) is 12.7. The van der Waals surface area contributed by atoms with Crippen molar-refractivity contribution >= 4 is 46.8 Å². The average molecular weight is 478 g/mol. The van der Waals surface area contributed by atoms with Gasteiger partial charge in [-0.3, -0.25) is 0 Å². The predicted octanol–water partition coefficient (Wildman–Crippen LogP) is 4.32. The summed E-state index contributed by atoms with van der Waals surface area (Å²) in [5.74, 6) is 1.06. The van der Waals surface area contributed by atoms with Crippen molar-refractivity contribution in [3.63, 3.8) is 0 Å². The quantitative estimate of drug-likeness (QED) is 0.307. The molecule has 0 radical (unpaired) electrons. The van der Waals surface area contributed by atoms with E-state index in [1.54, 1.807) is 0 Å². The molecule has 0 unspecified atom stereocenters. The summed E-state index contributed by atoms with van der Waals surface area (Å²) in [4.78, 5) is 9.60. The van der Waals surface area contributed by atoms with Crippen LogP contribution in [-0.2, 0) is 6.42 Å². The van der Waals surface area contributed by atoms with Gasteiger partial charge in [-0.25, -0.2) is 4.98 Å². The number of anilines is 4. The van der Waals surface area contributed by atoms with Gasteiger partial charge in [0.05, 0.1) is 11.4 Å². The van der Waals surface area contributed by atoms with Crippen molar-refractivity contribution in [3.05, 3.63) is 88.4 Å². The Bertz CT molecular complexity index is 1440. The molecule has 36 heavy (non-hydrogen) atoms. The Morgan fingerprint density at radius 3 is 2.19 bits per heavy atom. The number of nitrogens with one attached hydrogen (secondary N) is 1. The van der Waals surface area contributed by atoms with Crippen LogP contribution >= 0.6 is 0 Å². The molecule has 5 nitrogen and oxygen atoms in total. The van der Waals surface area contributed by atoms with Crippen molar-refractivity contribution < 1.29 is 0 Å². The zero-order valence-corrected chi connectivity index (χ0v) is 21.1. The van der Waals surface area contributed by atoms with E-state index < -0.39 is 0 Å². The van der Waals surface area contributed by atoms with Gasteiger partial charge in [-0.2, -0.15) is 0 Å². The van der Waals surface area contributed by atoms with E-state index in [0.29, 0.717) is 5.69 Å². The smallest absolute Gasteiger partial charge is 0.128 e. The lowest BCUT2D eigenvalue weighted by atomic mass is 10.0. The molecule has 0 saturated carbocycles. The average Bonchev–Trinajstić information content (AvgIpc) is 2.92. The van der Waals surface area contributed by atoms with E-state index in [-0.39, 0.29) is 0 Å². The number of hydrogen-bond donors (Lipinski definition) is 2. The summed E-state index contributed by atoms with van der Waals surface area (Å²) in [5.41, 5.74) is 11.8. The maximum Gasteiger partial charge on any atom is 0.128 e. The van der Waals surface area contributed by atoms with Crippen LogP contribution in [0.25, 0.3) is 23.9 Å². The molecular formula is C31H35N5. The van der Waals surface area contributed by atoms with Crippen LogP contribution < -0.4 is 31.3 Å². The first-order chi connectivity index (χ1) is 17.5. The van der Waals surface area contributed by atoms with Gasteiger partial charge in [-0.1, -0.05) is 61.2 Å². The van der Waals surface area contributed by atoms with E-state index in [1.807, 2.05) is 24.4 Å². The second-order valence-corrected chi connectivity index (χ2v) is 9.66. The van der Waals surface area contributed by atoms with Gasteiger partial charge in [0.15, 0.2) is 0 Å². The molecule has 1 saturated heterocycles. The van der Waals surface area contributed by atoms with E-state index in [2.05, 4.69) is 77.7 Å². The van der Waals surface area contributed by atoms with Gasteiger partial charge < -0.3 is 20.9 Å². The number of aromatic nitrogens is 1. The Labute approximate surface area is 213 Å². The first kappa shape index (κ1) is 23.7. The molecule has 1 fully saturated rings. The third-order valence-electron chi connectivity index (χ3n) is 7.23. The van der Waals surface area contributed by atoms with Gasteiger partial charge in [-0.15, -0.1) is 0 Å². The van der Waals surface area contributed by atoms with E-state index in [0.717, 1.165) is 78.3 Å². The van der Waals surface area contributed by atoms with Crippen LogP contribution in [0, 0.1) is 6.92 Å². The summed E-state index contributed by atoms with van der Waals surface area (Å²) >= 11 is 0. The highest BCUT2D eigenvalue weighted by Crippen LogP contribution is 2.20. The molecule has 0 aliphatic carbocycles. The van der Waals surface area contributed by atoms with E-state index >= 15 is 0 Å². The SMILES string of the molecule is C=c1c(N)c(NCCCc2ccc(N3CCN(c4ccc(C)cc4)CC3)nc2)c(=C)c2ccccc12. The standard InChI is InChI=1S/C31H35N5/c1-22-10-13-26(14-11-22)35-17-19-36(20-18-35)29-15-12-25(21-34-29)7-6-16-33-31-24(3)28-9-5-4-8-27(28)23(2)30(31)32/h4-5,8-15,21,33H,2-3,6-7,16-20,32H2,1H3. The Kier molecular flexibility index (Phi) is 6.81. The number of benzene rings is 3. The van der Waals surface area contributed by atoms with Gasteiger partial charge >= 0.3 is 0 Å². The molecule has 2 heterocycles. The van der Waals surface area contributed by atoms with Crippen LogP contribution in [0.5, 0.6) is 0 Å². The normalized spacial score (nSPS) is 13.8. The monoisotopic (exact) mass is 477 g/mol. The molecule has 5 rings (SSSR count). The largest absolute Gasteiger partial charge is 0.397 e. The summed E-state index contributed by atoms with van der Waals surface area (Å²) in [5, 5.41) is 7.46. The number of nitrogens with two attached hydrogens (primary N) is 1. The van der Waals surface area contributed by atoms with Crippen molar-refractivity contribution in [2.45, 2.75) is 19.8 Å². The van der Waals surface area contributed by atoms with E-state index in [4.69, 9.17) is 10.7 Å². The van der Waals surface area contributed by atoms with Crippen LogP contribution in [0.4, 0.5) is 22.9 Å². The number of piperazine rings is 1. The molecular weight excluding hydrogens is 442 g/mol. The fourth-order valence-electron chi connectivity index (χ4n) is 5.01.